The molecule has 5 nitrogen and oxygen atoms in total. The highest BCUT2D eigenvalue weighted by molar-refractivity contribution is 6.36. The minimum Gasteiger partial charge on any atom is -0.477 e. The number of halogens is 2. The van der Waals surface area contributed by atoms with Crippen molar-refractivity contribution in [2.45, 2.75) is 0 Å². The summed E-state index contributed by atoms with van der Waals surface area (Å²) in [6.07, 6.45) is 0. The average molecular weight is 311 g/mol. The lowest BCUT2D eigenvalue weighted by atomic mass is 10.2. The number of aromatic nitrogens is 1. The summed E-state index contributed by atoms with van der Waals surface area (Å²) in [6.45, 7) is 0. The molecule has 1 aromatic heterocycles. The number of nitrogens with one attached hydrogen (secondary N) is 1. The van der Waals surface area contributed by atoms with Crippen LogP contribution in [0.3, 0.4) is 0 Å². The maximum absolute atomic E-state index is 12.0. The predicted octanol–water partition coefficient (Wildman–Crippen LogP) is 3.34. The van der Waals surface area contributed by atoms with Gasteiger partial charge in [0, 0.05) is 5.02 Å². The number of anilines is 1. The van der Waals surface area contributed by atoms with Crippen molar-refractivity contribution in [3.63, 3.8) is 0 Å². The molecular formula is C13H8Cl2N2O3. The number of carbonyl (C=O) groups is 2. The molecule has 0 aliphatic rings. The van der Waals surface area contributed by atoms with Crippen LogP contribution in [0.2, 0.25) is 10.0 Å². The van der Waals surface area contributed by atoms with Crippen LogP contribution in [-0.4, -0.2) is 22.0 Å². The molecule has 0 saturated heterocycles. The summed E-state index contributed by atoms with van der Waals surface area (Å²) in [5, 5.41) is 12.1. The minimum atomic E-state index is -1.20. The molecule has 102 valence electrons. The number of hydrogen-bond acceptors (Lipinski definition) is 3. The number of nitrogens with zero attached hydrogens (tertiary/aromatic N) is 1. The first-order chi connectivity index (χ1) is 9.47. The van der Waals surface area contributed by atoms with Crippen molar-refractivity contribution < 1.29 is 14.7 Å². The Labute approximate surface area is 124 Å². The lowest BCUT2D eigenvalue weighted by Crippen LogP contribution is -2.15. The van der Waals surface area contributed by atoms with Crippen molar-refractivity contribution in [1.82, 2.24) is 4.98 Å². The predicted molar refractivity (Wildman–Crippen MR) is 75.6 cm³/mol. The van der Waals surface area contributed by atoms with E-state index in [1.807, 2.05) is 0 Å². The van der Waals surface area contributed by atoms with E-state index in [0.717, 1.165) is 0 Å². The van der Waals surface area contributed by atoms with Gasteiger partial charge in [-0.3, -0.25) is 4.79 Å². The number of carbonyl (C=O) groups excluding carboxylic acids is 1. The summed E-state index contributed by atoms with van der Waals surface area (Å²) in [4.78, 5) is 26.5. The Morgan fingerprint density at radius 1 is 1.10 bits per heavy atom. The topological polar surface area (TPSA) is 79.3 Å². The number of carboxylic acids is 1. The summed E-state index contributed by atoms with van der Waals surface area (Å²) in [5.41, 5.74) is 0.138. The molecular weight excluding hydrogens is 303 g/mol. The number of pyridine rings is 1. The van der Waals surface area contributed by atoms with Gasteiger partial charge in [0.15, 0.2) is 0 Å². The van der Waals surface area contributed by atoms with E-state index in [9.17, 15) is 9.59 Å². The van der Waals surface area contributed by atoms with E-state index in [2.05, 4.69) is 10.3 Å². The van der Waals surface area contributed by atoms with Crippen LogP contribution in [0.5, 0.6) is 0 Å². The molecule has 0 spiro atoms. The van der Waals surface area contributed by atoms with Crippen LogP contribution in [-0.2, 0) is 0 Å². The minimum absolute atomic E-state index is 0.0177. The molecule has 1 amide bonds. The van der Waals surface area contributed by atoms with Crippen molar-refractivity contribution in [3.05, 3.63) is 57.8 Å². The van der Waals surface area contributed by atoms with Gasteiger partial charge in [0.25, 0.3) is 5.91 Å². The van der Waals surface area contributed by atoms with Crippen LogP contribution < -0.4 is 5.32 Å². The lowest BCUT2D eigenvalue weighted by Gasteiger charge is -2.07. The van der Waals surface area contributed by atoms with E-state index in [1.165, 1.54) is 24.3 Å². The second-order valence-electron chi connectivity index (χ2n) is 3.79. The van der Waals surface area contributed by atoms with Gasteiger partial charge in [-0.1, -0.05) is 29.3 Å². The fourth-order valence-corrected chi connectivity index (χ4v) is 1.91. The van der Waals surface area contributed by atoms with Crippen LogP contribution >= 0.6 is 23.2 Å². The lowest BCUT2D eigenvalue weighted by molar-refractivity contribution is 0.0690. The number of aromatic carboxylic acids is 1. The van der Waals surface area contributed by atoms with E-state index in [4.69, 9.17) is 28.3 Å². The smallest absolute Gasteiger partial charge is 0.354 e. The molecule has 2 rings (SSSR count). The third-order valence-electron chi connectivity index (χ3n) is 2.38. The van der Waals surface area contributed by atoms with Crippen molar-refractivity contribution in [2.24, 2.45) is 0 Å². The average Bonchev–Trinajstić information content (AvgIpc) is 2.42. The van der Waals surface area contributed by atoms with Crippen LogP contribution in [0, 0.1) is 0 Å². The summed E-state index contributed by atoms with van der Waals surface area (Å²) >= 11 is 11.7. The Bertz CT molecular complexity index is 689. The van der Waals surface area contributed by atoms with Crippen molar-refractivity contribution >= 4 is 40.8 Å². The summed E-state index contributed by atoms with van der Waals surface area (Å²) in [7, 11) is 0. The molecule has 7 heteroatoms. The van der Waals surface area contributed by atoms with E-state index in [0.29, 0.717) is 10.7 Å². The maximum Gasteiger partial charge on any atom is 0.354 e. The molecule has 0 unspecified atom stereocenters. The molecule has 0 atom stereocenters. The Balaban J connectivity index is 2.24. The molecule has 0 aliphatic carbocycles. The molecule has 0 aliphatic heterocycles. The van der Waals surface area contributed by atoms with Gasteiger partial charge in [-0.2, -0.15) is 0 Å². The maximum atomic E-state index is 12.0. The Morgan fingerprint density at radius 2 is 1.80 bits per heavy atom. The Morgan fingerprint density at radius 3 is 2.45 bits per heavy atom. The second kappa shape index (κ2) is 5.90. The number of benzene rings is 1. The molecule has 2 aromatic rings. The number of hydrogen-bond donors (Lipinski definition) is 2. The third-order valence-corrected chi connectivity index (χ3v) is 2.93. The van der Waals surface area contributed by atoms with Gasteiger partial charge < -0.3 is 10.4 Å². The van der Waals surface area contributed by atoms with Gasteiger partial charge in [0.1, 0.15) is 11.4 Å². The zero-order valence-electron chi connectivity index (χ0n) is 9.93. The van der Waals surface area contributed by atoms with E-state index >= 15 is 0 Å². The summed E-state index contributed by atoms with van der Waals surface area (Å²) in [5.74, 6) is -1.76. The van der Waals surface area contributed by atoms with Gasteiger partial charge in [-0.25, -0.2) is 9.78 Å². The largest absolute Gasteiger partial charge is 0.477 e. The first kappa shape index (κ1) is 14.3. The molecule has 0 fully saturated rings. The summed E-state index contributed by atoms with van der Waals surface area (Å²) < 4.78 is 0. The molecule has 20 heavy (non-hydrogen) atoms. The first-order valence-electron chi connectivity index (χ1n) is 5.44. The normalized spacial score (nSPS) is 10.1. The Hall–Kier alpha value is -2.11. The molecule has 0 saturated carbocycles. The summed E-state index contributed by atoms with van der Waals surface area (Å²) in [6, 6.07) is 8.75. The zero-order valence-corrected chi connectivity index (χ0v) is 11.4. The van der Waals surface area contributed by atoms with Gasteiger partial charge in [-0.05, 0) is 30.3 Å². The Kier molecular flexibility index (Phi) is 4.22. The number of carboxylic acid groups (broad SMARTS) is 1. The highest BCUT2D eigenvalue weighted by Gasteiger charge is 2.12. The fraction of sp³-hybridized carbons (Fsp3) is 0. The second-order valence-corrected chi connectivity index (χ2v) is 4.64. The van der Waals surface area contributed by atoms with E-state index in [-0.39, 0.29) is 16.4 Å². The zero-order chi connectivity index (χ0) is 14.7. The van der Waals surface area contributed by atoms with Crippen molar-refractivity contribution in [2.75, 3.05) is 5.32 Å². The molecule has 1 aromatic carbocycles. The quantitative estimate of drug-likeness (QED) is 0.911. The number of rotatable bonds is 3. The van der Waals surface area contributed by atoms with E-state index in [1.54, 1.807) is 12.1 Å². The monoisotopic (exact) mass is 310 g/mol. The van der Waals surface area contributed by atoms with Crippen LogP contribution in [0.1, 0.15) is 21.0 Å². The van der Waals surface area contributed by atoms with Crippen LogP contribution in [0.25, 0.3) is 0 Å². The third kappa shape index (κ3) is 3.26. The molecule has 2 N–H and O–H groups in total. The van der Waals surface area contributed by atoms with Gasteiger partial charge in [-0.15, -0.1) is 0 Å². The highest BCUT2D eigenvalue weighted by atomic mass is 35.5. The van der Waals surface area contributed by atoms with Crippen molar-refractivity contribution in [3.8, 4) is 0 Å². The standard InChI is InChI=1S/C13H8Cl2N2O3/c14-7-4-5-9(8(15)6-7)17-12(18)10-2-1-3-11(16-10)13(19)20/h1-6H,(H,17,18)(H,19,20). The van der Waals surface area contributed by atoms with Crippen LogP contribution in [0.4, 0.5) is 5.69 Å². The molecule has 0 bridgehead atoms. The van der Waals surface area contributed by atoms with Gasteiger partial charge >= 0.3 is 5.97 Å². The first-order valence-corrected chi connectivity index (χ1v) is 6.20. The van der Waals surface area contributed by atoms with Gasteiger partial charge in [0.05, 0.1) is 10.7 Å². The van der Waals surface area contributed by atoms with E-state index < -0.39 is 11.9 Å². The fourth-order valence-electron chi connectivity index (χ4n) is 1.46. The van der Waals surface area contributed by atoms with Crippen LogP contribution in [0.15, 0.2) is 36.4 Å². The molecule has 0 radical (unpaired) electrons. The van der Waals surface area contributed by atoms with Crippen molar-refractivity contribution in [1.29, 1.82) is 0 Å². The SMILES string of the molecule is O=C(O)c1cccc(C(=O)Nc2ccc(Cl)cc2Cl)n1. The van der Waals surface area contributed by atoms with Gasteiger partial charge in [0.2, 0.25) is 0 Å². The number of amides is 1. The highest BCUT2D eigenvalue weighted by Crippen LogP contribution is 2.25. The molecule has 1 heterocycles.